The Balaban J connectivity index is 2.89. The first-order valence-corrected chi connectivity index (χ1v) is 4.86. The summed E-state index contributed by atoms with van der Waals surface area (Å²) in [6.45, 7) is 2.50. The maximum Gasteiger partial charge on any atom is 0.132 e. The zero-order valence-electron chi connectivity index (χ0n) is 7.29. The van der Waals surface area contributed by atoms with Crippen molar-refractivity contribution in [2.24, 2.45) is 5.73 Å². The van der Waals surface area contributed by atoms with E-state index in [4.69, 9.17) is 5.73 Å². The molecule has 0 aliphatic heterocycles. The Bertz CT molecular complexity index is 447. The summed E-state index contributed by atoms with van der Waals surface area (Å²) in [7, 11) is 0. The predicted molar refractivity (Wildman–Crippen MR) is 55.5 cm³/mol. The molecule has 0 fully saturated rings. The van der Waals surface area contributed by atoms with Crippen LogP contribution in [0.5, 0.6) is 0 Å². The highest BCUT2D eigenvalue weighted by molar-refractivity contribution is 9.10. The maximum atomic E-state index is 5.59. The summed E-state index contributed by atoms with van der Waals surface area (Å²) in [5.74, 6) is 0.889. The van der Waals surface area contributed by atoms with Gasteiger partial charge in [0.05, 0.1) is 12.1 Å². The van der Waals surface area contributed by atoms with Crippen molar-refractivity contribution in [2.45, 2.75) is 13.5 Å². The molecule has 0 radical (unpaired) electrons. The van der Waals surface area contributed by atoms with Crippen LogP contribution in [0, 0.1) is 6.92 Å². The molecule has 0 aliphatic carbocycles. The molecule has 0 aromatic carbocycles. The van der Waals surface area contributed by atoms with Crippen LogP contribution in [-0.4, -0.2) is 9.38 Å². The molecule has 2 aromatic rings. The first kappa shape index (κ1) is 8.72. The Morgan fingerprint density at radius 2 is 2.31 bits per heavy atom. The monoisotopic (exact) mass is 239 g/mol. The molecule has 2 heterocycles. The molecule has 2 aromatic heterocycles. The van der Waals surface area contributed by atoms with E-state index in [-0.39, 0.29) is 0 Å². The molecule has 0 atom stereocenters. The van der Waals surface area contributed by atoms with E-state index < -0.39 is 0 Å². The summed E-state index contributed by atoms with van der Waals surface area (Å²) in [4.78, 5) is 4.32. The fraction of sp³-hybridized carbons (Fsp3) is 0.222. The molecular weight excluding hydrogens is 230 g/mol. The van der Waals surface area contributed by atoms with Crippen molar-refractivity contribution < 1.29 is 0 Å². The quantitative estimate of drug-likeness (QED) is 0.826. The van der Waals surface area contributed by atoms with Crippen molar-refractivity contribution in [1.82, 2.24) is 9.38 Å². The lowest BCUT2D eigenvalue weighted by molar-refractivity contribution is 0.882. The molecule has 13 heavy (non-hydrogen) atoms. The zero-order valence-corrected chi connectivity index (χ0v) is 8.87. The van der Waals surface area contributed by atoms with Crippen LogP contribution in [0.2, 0.25) is 0 Å². The second-order valence-electron chi connectivity index (χ2n) is 2.91. The van der Waals surface area contributed by atoms with Crippen molar-refractivity contribution >= 4 is 21.4 Å². The molecule has 0 amide bonds. The fourth-order valence-electron chi connectivity index (χ4n) is 1.48. The highest BCUT2D eigenvalue weighted by atomic mass is 79.9. The molecule has 2 rings (SSSR count). The molecule has 0 unspecified atom stereocenters. The topological polar surface area (TPSA) is 43.3 Å². The molecule has 0 saturated heterocycles. The number of hydrogen-bond acceptors (Lipinski definition) is 2. The summed E-state index contributed by atoms with van der Waals surface area (Å²) >= 11 is 3.41. The van der Waals surface area contributed by atoms with Gasteiger partial charge in [0.1, 0.15) is 10.4 Å². The van der Waals surface area contributed by atoms with E-state index >= 15 is 0 Å². The first-order chi connectivity index (χ1) is 6.24. The third-order valence-electron chi connectivity index (χ3n) is 2.06. The Kier molecular flexibility index (Phi) is 2.09. The number of rotatable bonds is 1. The Morgan fingerprint density at radius 1 is 1.54 bits per heavy atom. The molecule has 3 nitrogen and oxygen atoms in total. The summed E-state index contributed by atoms with van der Waals surface area (Å²) < 4.78 is 2.92. The molecule has 0 aliphatic rings. The second kappa shape index (κ2) is 3.12. The smallest absolute Gasteiger partial charge is 0.132 e. The standard InChI is InChI=1S/C9H10BrN3/c1-6-3-2-4-7-9(10)12-8(5-11)13(6)7/h2-4H,5,11H2,1H3. The van der Waals surface area contributed by atoms with Gasteiger partial charge in [0.15, 0.2) is 0 Å². The van der Waals surface area contributed by atoms with Crippen molar-refractivity contribution in [1.29, 1.82) is 0 Å². The molecule has 0 saturated carbocycles. The number of aromatic nitrogens is 2. The SMILES string of the molecule is Cc1cccc2c(Br)nc(CN)n12. The number of imidazole rings is 1. The number of hydrogen-bond donors (Lipinski definition) is 1. The molecule has 68 valence electrons. The Labute approximate surface area is 84.7 Å². The van der Waals surface area contributed by atoms with E-state index in [2.05, 4.69) is 25.3 Å². The van der Waals surface area contributed by atoms with Crippen LogP contribution in [0.25, 0.3) is 5.52 Å². The van der Waals surface area contributed by atoms with E-state index in [1.165, 1.54) is 0 Å². The van der Waals surface area contributed by atoms with Crippen LogP contribution in [0.3, 0.4) is 0 Å². The normalized spacial score (nSPS) is 11.0. The molecule has 2 N–H and O–H groups in total. The van der Waals surface area contributed by atoms with Gasteiger partial charge in [0, 0.05) is 5.69 Å². The minimum atomic E-state index is 0.456. The van der Waals surface area contributed by atoms with Crippen molar-refractivity contribution in [3.63, 3.8) is 0 Å². The van der Waals surface area contributed by atoms with E-state index in [0.717, 1.165) is 21.6 Å². The average molecular weight is 240 g/mol. The number of nitrogens with zero attached hydrogens (tertiary/aromatic N) is 2. The summed E-state index contributed by atoms with van der Waals surface area (Å²) in [6, 6.07) is 6.07. The summed E-state index contributed by atoms with van der Waals surface area (Å²) in [5.41, 5.74) is 7.81. The van der Waals surface area contributed by atoms with Gasteiger partial charge in [-0.05, 0) is 35.0 Å². The Morgan fingerprint density at radius 3 is 3.00 bits per heavy atom. The lowest BCUT2D eigenvalue weighted by atomic mass is 10.3. The van der Waals surface area contributed by atoms with Crippen molar-refractivity contribution in [3.8, 4) is 0 Å². The van der Waals surface area contributed by atoms with Gasteiger partial charge < -0.3 is 5.73 Å². The van der Waals surface area contributed by atoms with E-state index in [1.54, 1.807) is 0 Å². The number of pyridine rings is 1. The van der Waals surface area contributed by atoms with Gasteiger partial charge in [0.25, 0.3) is 0 Å². The van der Waals surface area contributed by atoms with E-state index in [9.17, 15) is 0 Å². The number of halogens is 1. The van der Waals surface area contributed by atoms with Gasteiger partial charge in [-0.3, -0.25) is 4.40 Å². The van der Waals surface area contributed by atoms with Gasteiger partial charge in [-0.15, -0.1) is 0 Å². The van der Waals surface area contributed by atoms with Crippen molar-refractivity contribution in [3.05, 3.63) is 34.3 Å². The van der Waals surface area contributed by atoms with Crippen LogP contribution < -0.4 is 5.73 Å². The highest BCUT2D eigenvalue weighted by Crippen LogP contribution is 2.19. The van der Waals surface area contributed by atoms with Gasteiger partial charge in [-0.25, -0.2) is 4.98 Å². The van der Waals surface area contributed by atoms with Crippen LogP contribution in [0.4, 0.5) is 0 Å². The van der Waals surface area contributed by atoms with Crippen molar-refractivity contribution in [2.75, 3.05) is 0 Å². The minimum Gasteiger partial charge on any atom is -0.324 e. The first-order valence-electron chi connectivity index (χ1n) is 4.06. The van der Waals surface area contributed by atoms with Crippen LogP contribution in [0.15, 0.2) is 22.8 Å². The van der Waals surface area contributed by atoms with Crippen LogP contribution in [-0.2, 0) is 6.54 Å². The van der Waals surface area contributed by atoms with E-state index in [1.807, 2.05) is 25.1 Å². The lowest BCUT2D eigenvalue weighted by Crippen LogP contribution is -2.04. The largest absolute Gasteiger partial charge is 0.324 e. The third-order valence-corrected chi connectivity index (χ3v) is 2.65. The van der Waals surface area contributed by atoms with Gasteiger partial charge >= 0.3 is 0 Å². The molecule has 4 heteroatoms. The maximum absolute atomic E-state index is 5.59. The highest BCUT2D eigenvalue weighted by Gasteiger charge is 2.07. The summed E-state index contributed by atoms with van der Waals surface area (Å²) in [5, 5.41) is 0. The van der Waals surface area contributed by atoms with E-state index in [0.29, 0.717) is 6.54 Å². The van der Waals surface area contributed by atoms with Gasteiger partial charge in [0.2, 0.25) is 0 Å². The Hall–Kier alpha value is -0.870. The zero-order chi connectivity index (χ0) is 9.42. The number of aryl methyl sites for hydroxylation is 1. The molecule has 0 spiro atoms. The lowest BCUT2D eigenvalue weighted by Gasteiger charge is -2.01. The van der Waals surface area contributed by atoms with Crippen LogP contribution >= 0.6 is 15.9 Å². The molecular formula is C9H10BrN3. The second-order valence-corrected chi connectivity index (χ2v) is 3.66. The number of fused-ring (bicyclic) bond motifs is 1. The summed E-state index contributed by atoms with van der Waals surface area (Å²) in [6.07, 6.45) is 0. The van der Waals surface area contributed by atoms with Crippen LogP contribution in [0.1, 0.15) is 11.5 Å². The third kappa shape index (κ3) is 1.26. The minimum absolute atomic E-state index is 0.456. The average Bonchev–Trinajstić information content (AvgIpc) is 2.45. The predicted octanol–water partition coefficient (Wildman–Crippen LogP) is 1.86. The molecule has 0 bridgehead atoms. The van der Waals surface area contributed by atoms with Gasteiger partial charge in [-0.1, -0.05) is 6.07 Å². The fourth-order valence-corrected chi connectivity index (χ4v) is 1.99. The van der Waals surface area contributed by atoms with Gasteiger partial charge in [-0.2, -0.15) is 0 Å². The number of nitrogens with two attached hydrogens (primary N) is 1.